The Balaban J connectivity index is 1.87. The van der Waals surface area contributed by atoms with Crippen LogP contribution >= 0.6 is 22.9 Å². The summed E-state index contributed by atoms with van der Waals surface area (Å²) >= 11 is 7.26. The fourth-order valence-electron chi connectivity index (χ4n) is 3.49. The number of carbonyl (C=O) groups is 1. The van der Waals surface area contributed by atoms with Crippen LogP contribution < -0.4 is 14.9 Å². The molecule has 7 heteroatoms. The molecule has 0 spiro atoms. The monoisotopic (exact) mass is 464 g/mol. The summed E-state index contributed by atoms with van der Waals surface area (Å²) in [5.41, 5.74) is 2.53. The van der Waals surface area contributed by atoms with Crippen molar-refractivity contribution in [1.82, 2.24) is 4.57 Å². The average Bonchev–Trinajstić information content (AvgIpc) is 3.09. The van der Waals surface area contributed by atoms with Gasteiger partial charge in [0.15, 0.2) is 4.80 Å². The second-order valence-corrected chi connectivity index (χ2v) is 8.61. The molecule has 0 bridgehead atoms. The highest BCUT2D eigenvalue weighted by atomic mass is 35.5. The maximum absolute atomic E-state index is 13.4. The number of aromatic nitrogens is 1. The smallest absolute Gasteiger partial charge is 0.338 e. The topological polar surface area (TPSA) is 60.7 Å². The summed E-state index contributed by atoms with van der Waals surface area (Å²) in [4.78, 5) is 31.3. The maximum atomic E-state index is 13.4. The SMILES string of the molecule is CCOC(=O)C1=C(C)N=c2sc(=Cc3ccc(Cl)cc3)c(=O)n2C1/C=C/c1ccccc1. The van der Waals surface area contributed by atoms with E-state index in [0.717, 1.165) is 11.1 Å². The van der Waals surface area contributed by atoms with Gasteiger partial charge in [0.25, 0.3) is 5.56 Å². The molecule has 0 saturated carbocycles. The fraction of sp³-hybridized carbons (Fsp3) is 0.160. The van der Waals surface area contributed by atoms with Gasteiger partial charge in [0.2, 0.25) is 0 Å². The quantitative estimate of drug-likeness (QED) is 0.534. The summed E-state index contributed by atoms with van der Waals surface area (Å²) in [5, 5.41) is 0.629. The Morgan fingerprint density at radius 2 is 1.88 bits per heavy atom. The van der Waals surface area contributed by atoms with E-state index < -0.39 is 12.0 Å². The van der Waals surface area contributed by atoms with E-state index in [4.69, 9.17) is 16.3 Å². The van der Waals surface area contributed by atoms with Crippen molar-refractivity contribution >= 4 is 41.1 Å². The summed E-state index contributed by atoms with van der Waals surface area (Å²) in [5.74, 6) is -0.469. The number of thiazole rings is 1. The van der Waals surface area contributed by atoms with Crippen LogP contribution in [0.3, 0.4) is 0 Å². The van der Waals surface area contributed by atoms with Crippen molar-refractivity contribution < 1.29 is 9.53 Å². The van der Waals surface area contributed by atoms with E-state index in [-0.39, 0.29) is 12.2 Å². The fourth-order valence-corrected chi connectivity index (χ4v) is 4.67. The minimum atomic E-state index is -0.613. The lowest BCUT2D eigenvalue weighted by molar-refractivity contribution is -0.139. The van der Waals surface area contributed by atoms with Crippen LogP contribution in [0.4, 0.5) is 0 Å². The van der Waals surface area contributed by atoms with Crippen LogP contribution in [0.15, 0.2) is 81.7 Å². The molecule has 4 rings (SSSR count). The lowest BCUT2D eigenvalue weighted by Gasteiger charge is -2.21. The molecular weight excluding hydrogens is 444 g/mol. The molecule has 0 amide bonds. The van der Waals surface area contributed by atoms with Gasteiger partial charge in [-0.1, -0.05) is 77.6 Å². The van der Waals surface area contributed by atoms with Crippen LogP contribution in [0.1, 0.15) is 31.0 Å². The largest absolute Gasteiger partial charge is 0.463 e. The maximum Gasteiger partial charge on any atom is 0.338 e. The van der Waals surface area contributed by atoms with Crippen molar-refractivity contribution in [3.8, 4) is 0 Å². The number of nitrogens with zero attached hydrogens (tertiary/aromatic N) is 2. The number of hydrogen-bond acceptors (Lipinski definition) is 5. The van der Waals surface area contributed by atoms with Gasteiger partial charge in [-0.05, 0) is 43.2 Å². The third kappa shape index (κ3) is 4.52. The molecule has 0 N–H and O–H groups in total. The number of rotatable bonds is 5. The Morgan fingerprint density at radius 3 is 2.56 bits per heavy atom. The summed E-state index contributed by atoms with van der Waals surface area (Å²) in [6, 6.07) is 16.4. The van der Waals surface area contributed by atoms with Gasteiger partial charge in [-0.3, -0.25) is 9.36 Å². The second-order valence-electron chi connectivity index (χ2n) is 7.17. The molecule has 162 valence electrons. The number of fused-ring (bicyclic) bond motifs is 1. The first-order valence-corrected chi connectivity index (χ1v) is 11.4. The first-order valence-electron chi connectivity index (χ1n) is 10.2. The Hall–Kier alpha value is -3.22. The van der Waals surface area contributed by atoms with E-state index in [1.165, 1.54) is 11.3 Å². The number of carbonyl (C=O) groups excluding carboxylic acids is 1. The molecular formula is C25H21ClN2O3S. The van der Waals surface area contributed by atoms with Gasteiger partial charge in [-0.15, -0.1) is 0 Å². The van der Waals surface area contributed by atoms with Crippen molar-refractivity contribution in [3.05, 3.63) is 108 Å². The molecule has 1 aliphatic rings. The summed E-state index contributed by atoms with van der Waals surface area (Å²) in [7, 11) is 0. The van der Waals surface area contributed by atoms with E-state index in [2.05, 4.69) is 4.99 Å². The molecule has 1 atom stereocenters. The highest BCUT2D eigenvalue weighted by Crippen LogP contribution is 2.26. The van der Waals surface area contributed by atoms with E-state index in [1.807, 2.05) is 60.7 Å². The number of halogens is 1. The third-order valence-electron chi connectivity index (χ3n) is 5.00. The Bertz CT molecular complexity index is 1380. The minimum absolute atomic E-state index is 0.208. The molecule has 3 aromatic rings. The Morgan fingerprint density at radius 1 is 1.16 bits per heavy atom. The summed E-state index contributed by atoms with van der Waals surface area (Å²) in [6.07, 6.45) is 5.56. The van der Waals surface area contributed by atoms with Crippen LogP contribution in [0.2, 0.25) is 5.02 Å². The minimum Gasteiger partial charge on any atom is -0.463 e. The predicted molar refractivity (Wildman–Crippen MR) is 128 cm³/mol. The highest BCUT2D eigenvalue weighted by molar-refractivity contribution is 7.07. The number of allylic oxidation sites excluding steroid dienone is 2. The first-order chi connectivity index (χ1) is 15.5. The molecule has 5 nitrogen and oxygen atoms in total. The van der Waals surface area contributed by atoms with E-state index in [1.54, 1.807) is 30.5 Å². The molecule has 2 heterocycles. The van der Waals surface area contributed by atoms with Crippen molar-refractivity contribution in [2.45, 2.75) is 19.9 Å². The van der Waals surface area contributed by atoms with Crippen molar-refractivity contribution in [2.24, 2.45) is 4.99 Å². The standard InChI is InChI=1S/C25H21ClN2O3S/c1-3-31-24(30)22-16(2)27-25-28(20(22)14-11-17-7-5-4-6-8-17)23(29)21(32-25)15-18-9-12-19(26)13-10-18/h4-15,20H,3H2,1-2H3/b14-11+,21-15?. The van der Waals surface area contributed by atoms with Gasteiger partial charge in [0.1, 0.15) is 0 Å². The van der Waals surface area contributed by atoms with Crippen LogP contribution in [0, 0.1) is 0 Å². The molecule has 0 fully saturated rings. The molecule has 0 aliphatic carbocycles. The van der Waals surface area contributed by atoms with Gasteiger partial charge in [-0.25, -0.2) is 9.79 Å². The van der Waals surface area contributed by atoms with Crippen molar-refractivity contribution in [2.75, 3.05) is 6.61 Å². The number of benzene rings is 2. The zero-order chi connectivity index (χ0) is 22.7. The molecule has 1 aromatic heterocycles. The number of hydrogen-bond donors (Lipinski definition) is 0. The lowest BCUT2D eigenvalue weighted by Crippen LogP contribution is -2.38. The van der Waals surface area contributed by atoms with E-state index in [0.29, 0.717) is 25.6 Å². The van der Waals surface area contributed by atoms with Gasteiger partial charge >= 0.3 is 5.97 Å². The van der Waals surface area contributed by atoms with Crippen LogP contribution in [0.5, 0.6) is 0 Å². The van der Waals surface area contributed by atoms with Crippen LogP contribution in [-0.4, -0.2) is 17.1 Å². The molecule has 0 saturated heterocycles. The third-order valence-corrected chi connectivity index (χ3v) is 6.23. The normalized spacial score (nSPS) is 16.2. The average molecular weight is 465 g/mol. The van der Waals surface area contributed by atoms with Gasteiger partial charge in [0.05, 0.1) is 28.5 Å². The lowest BCUT2D eigenvalue weighted by atomic mass is 10.0. The Labute approximate surface area is 194 Å². The predicted octanol–water partition coefficient (Wildman–Crippen LogP) is 4.12. The van der Waals surface area contributed by atoms with E-state index in [9.17, 15) is 9.59 Å². The van der Waals surface area contributed by atoms with Crippen molar-refractivity contribution in [1.29, 1.82) is 0 Å². The second kappa shape index (κ2) is 9.51. The molecule has 1 aliphatic heterocycles. The van der Waals surface area contributed by atoms with Gasteiger partial charge < -0.3 is 4.74 Å². The van der Waals surface area contributed by atoms with Crippen LogP contribution in [-0.2, 0) is 9.53 Å². The number of ether oxygens (including phenoxy) is 1. The highest BCUT2D eigenvalue weighted by Gasteiger charge is 2.30. The number of esters is 1. The van der Waals surface area contributed by atoms with Crippen molar-refractivity contribution in [3.63, 3.8) is 0 Å². The molecule has 2 aromatic carbocycles. The van der Waals surface area contributed by atoms with Crippen LogP contribution in [0.25, 0.3) is 12.2 Å². The Kier molecular flexibility index (Phi) is 6.53. The molecule has 32 heavy (non-hydrogen) atoms. The summed E-state index contributed by atoms with van der Waals surface area (Å²) < 4.78 is 7.37. The van der Waals surface area contributed by atoms with E-state index >= 15 is 0 Å². The summed E-state index contributed by atoms with van der Waals surface area (Å²) in [6.45, 7) is 3.77. The molecule has 0 radical (unpaired) electrons. The zero-order valence-electron chi connectivity index (χ0n) is 17.6. The van der Waals surface area contributed by atoms with Gasteiger partial charge in [-0.2, -0.15) is 0 Å². The molecule has 1 unspecified atom stereocenters. The van der Waals surface area contributed by atoms with Gasteiger partial charge in [0, 0.05) is 5.02 Å². The first kappa shape index (κ1) is 22.0. The zero-order valence-corrected chi connectivity index (χ0v) is 19.2.